The van der Waals surface area contributed by atoms with Crippen LogP contribution in [0.25, 0.3) is 107 Å². The van der Waals surface area contributed by atoms with Crippen LogP contribution in [0.1, 0.15) is 103 Å². The van der Waals surface area contributed by atoms with E-state index in [2.05, 4.69) is 131 Å². The first-order valence-corrected chi connectivity index (χ1v) is 29.4. The molecule has 0 aliphatic carbocycles. The van der Waals surface area contributed by atoms with Crippen LogP contribution in [0.15, 0.2) is 120 Å². The first kappa shape index (κ1) is 45.6. The molecule has 0 unspecified atom stereocenters. The third-order valence-electron chi connectivity index (χ3n) is 13.6. The van der Waals surface area contributed by atoms with E-state index in [0.717, 1.165) is 50.9 Å². The minimum Gasteiger partial charge on any atom is -0.340 e. The summed E-state index contributed by atoms with van der Waals surface area (Å²) >= 11 is 9.80. The lowest BCUT2D eigenvalue weighted by Crippen LogP contribution is -1.98. The fraction of sp³-hybridized carbons (Fsp3) is 0.298. The highest BCUT2D eigenvalue weighted by Gasteiger charge is 2.20. The summed E-state index contributed by atoms with van der Waals surface area (Å²) in [6, 6.07) is 40.9. The smallest absolute Gasteiger partial charge is 0.114 e. The molecule has 68 heavy (non-hydrogen) atoms. The van der Waals surface area contributed by atoms with Gasteiger partial charge in [0.05, 0.1) is 23.5 Å². The normalized spacial score (nSPS) is 12.0. The van der Waals surface area contributed by atoms with Crippen LogP contribution in [-0.4, -0.2) is 22.1 Å². The standard InChI is InChI=1S/C57H55N5S6/c1-2-3-4-5-6-7-8-9-10-11-12-13-14-15-16-33-62-46-36-38(48-29-31-52(65-48)44-27-25-42(50-19-17-34-63-50)54-56(44)60-67-58-54)21-23-40(46)41-24-22-39(37-47(41)62)49-30-32-53(66-49)45-28-26-43(51-20-18-35-64-51)55-57(45)61-68-59-55/h17-32,34-37H,2-16,33H2,1H3. The molecule has 344 valence electrons. The molecule has 0 N–H and O–H groups in total. The van der Waals surface area contributed by atoms with Crippen molar-refractivity contribution in [2.75, 3.05) is 0 Å². The number of nitrogens with zero attached hydrogens (tertiary/aromatic N) is 5. The third kappa shape index (κ3) is 9.55. The monoisotopic (exact) mass is 1000 g/mol. The van der Waals surface area contributed by atoms with Gasteiger partial charge in [-0.3, -0.25) is 0 Å². The van der Waals surface area contributed by atoms with Crippen LogP contribution in [-0.2, 0) is 6.54 Å². The molecule has 0 saturated carbocycles. The zero-order valence-corrected chi connectivity index (χ0v) is 43.4. The summed E-state index contributed by atoms with van der Waals surface area (Å²) in [6.45, 7) is 3.31. The van der Waals surface area contributed by atoms with Gasteiger partial charge in [-0.25, -0.2) is 0 Å². The van der Waals surface area contributed by atoms with Gasteiger partial charge in [-0.1, -0.05) is 157 Å². The number of aryl methyl sites for hydroxylation is 1. The van der Waals surface area contributed by atoms with E-state index in [1.54, 1.807) is 22.7 Å². The summed E-state index contributed by atoms with van der Waals surface area (Å²) in [4.78, 5) is 7.44. The minimum atomic E-state index is 0.988. The van der Waals surface area contributed by atoms with Gasteiger partial charge in [0.25, 0.3) is 0 Å². The quantitative estimate of drug-likeness (QED) is 0.0635. The number of thiophene rings is 4. The molecule has 0 bridgehead atoms. The van der Waals surface area contributed by atoms with Gasteiger partial charge in [0, 0.05) is 79.9 Å². The third-order valence-corrected chi connectivity index (χ3v) is 18.8. The summed E-state index contributed by atoms with van der Waals surface area (Å²) in [5, 5.41) is 6.90. The van der Waals surface area contributed by atoms with Crippen LogP contribution in [0.4, 0.5) is 0 Å². The highest BCUT2D eigenvalue weighted by atomic mass is 32.1. The first-order chi connectivity index (χ1) is 33.7. The lowest BCUT2D eigenvalue weighted by Gasteiger charge is -2.10. The zero-order chi connectivity index (χ0) is 45.7. The van der Waals surface area contributed by atoms with Gasteiger partial charge in [0.2, 0.25) is 0 Å². The second-order valence-electron chi connectivity index (χ2n) is 18.1. The molecular formula is C57H55N5S6. The van der Waals surface area contributed by atoms with Crippen LogP contribution >= 0.6 is 68.8 Å². The van der Waals surface area contributed by atoms with Gasteiger partial charge in [0.15, 0.2) is 0 Å². The van der Waals surface area contributed by atoms with Crippen molar-refractivity contribution in [1.82, 2.24) is 22.1 Å². The van der Waals surface area contributed by atoms with E-state index >= 15 is 0 Å². The Bertz CT molecular complexity index is 3190. The molecule has 11 heteroatoms. The topological polar surface area (TPSA) is 56.5 Å². The second kappa shape index (κ2) is 21.4. The molecule has 0 saturated heterocycles. The fourth-order valence-corrected chi connectivity index (χ4v) is 14.7. The van der Waals surface area contributed by atoms with Gasteiger partial charge >= 0.3 is 0 Å². The average Bonchev–Trinajstić information content (AvgIpc) is 4.23. The SMILES string of the molecule is CCCCCCCCCCCCCCCCCn1c2cc(-c3ccc(-c4ccc(-c5cccs5)c5nsnc45)s3)ccc2c2ccc(-c3ccc(-c4ccc(-c5cccs5)c5nsnc45)s3)cc21. The molecule has 0 aliphatic rings. The Morgan fingerprint density at radius 2 is 0.765 bits per heavy atom. The lowest BCUT2D eigenvalue weighted by atomic mass is 10.0. The Hall–Kier alpha value is -4.88. The highest BCUT2D eigenvalue weighted by Crippen LogP contribution is 2.44. The largest absolute Gasteiger partial charge is 0.340 e. The molecular weight excluding hydrogens is 947 g/mol. The molecule has 0 amide bonds. The molecule has 7 aromatic heterocycles. The van der Waals surface area contributed by atoms with Crippen LogP contribution in [0.3, 0.4) is 0 Å². The van der Waals surface area contributed by atoms with Crippen molar-refractivity contribution in [3.63, 3.8) is 0 Å². The maximum absolute atomic E-state index is 4.81. The molecule has 0 spiro atoms. The summed E-state index contributed by atoms with van der Waals surface area (Å²) in [7, 11) is 0. The van der Waals surface area contributed by atoms with Crippen molar-refractivity contribution in [3.05, 3.63) is 120 Å². The van der Waals surface area contributed by atoms with Crippen molar-refractivity contribution in [2.24, 2.45) is 0 Å². The Labute approximate surface area is 423 Å². The predicted octanol–water partition coefficient (Wildman–Crippen LogP) is 19.9. The zero-order valence-electron chi connectivity index (χ0n) is 38.5. The van der Waals surface area contributed by atoms with E-state index in [-0.39, 0.29) is 0 Å². The Morgan fingerprint density at radius 1 is 0.382 bits per heavy atom. The fourth-order valence-electron chi connectivity index (χ4n) is 9.95. The Kier molecular flexibility index (Phi) is 14.3. The van der Waals surface area contributed by atoms with Gasteiger partial charge in [-0.2, -0.15) is 17.5 Å². The lowest BCUT2D eigenvalue weighted by molar-refractivity contribution is 0.526. The van der Waals surface area contributed by atoms with Gasteiger partial charge in [-0.05, 0) is 76.8 Å². The molecule has 0 atom stereocenters. The highest BCUT2D eigenvalue weighted by molar-refractivity contribution is 7.19. The molecule has 4 aromatic carbocycles. The van der Waals surface area contributed by atoms with Crippen LogP contribution in [0.5, 0.6) is 0 Å². The van der Waals surface area contributed by atoms with Crippen LogP contribution in [0.2, 0.25) is 0 Å². The van der Waals surface area contributed by atoms with Crippen LogP contribution in [0, 0.1) is 0 Å². The summed E-state index contributed by atoms with van der Waals surface area (Å²) in [5.74, 6) is 0. The van der Waals surface area contributed by atoms with Gasteiger partial charge in [0.1, 0.15) is 22.1 Å². The van der Waals surface area contributed by atoms with Crippen molar-refractivity contribution >= 4 is 113 Å². The van der Waals surface area contributed by atoms with Gasteiger partial charge in [-0.15, -0.1) is 45.3 Å². The van der Waals surface area contributed by atoms with E-state index in [4.69, 9.17) is 17.5 Å². The second-order valence-corrected chi connectivity index (χ2v) is 23.2. The molecule has 11 aromatic rings. The van der Waals surface area contributed by atoms with E-state index < -0.39 is 0 Å². The Morgan fingerprint density at radius 3 is 1.16 bits per heavy atom. The Balaban J connectivity index is 0.847. The van der Waals surface area contributed by atoms with Crippen molar-refractivity contribution < 1.29 is 0 Å². The number of hydrogen-bond acceptors (Lipinski definition) is 10. The molecule has 0 aliphatic heterocycles. The molecule has 5 nitrogen and oxygen atoms in total. The van der Waals surface area contributed by atoms with E-state index in [9.17, 15) is 0 Å². The van der Waals surface area contributed by atoms with Crippen molar-refractivity contribution in [2.45, 2.75) is 110 Å². The van der Waals surface area contributed by atoms with Crippen LogP contribution < -0.4 is 0 Å². The number of fused-ring (bicyclic) bond motifs is 5. The van der Waals surface area contributed by atoms with Crippen molar-refractivity contribution in [1.29, 1.82) is 0 Å². The molecule has 7 heterocycles. The number of benzene rings is 4. The van der Waals surface area contributed by atoms with Gasteiger partial charge < -0.3 is 4.57 Å². The minimum absolute atomic E-state index is 0.988. The van der Waals surface area contributed by atoms with E-state index in [0.29, 0.717) is 0 Å². The maximum atomic E-state index is 4.81. The van der Waals surface area contributed by atoms with Crippen molar-refractivity contribution in [3.8, 4) is 62.6 Å². The molecule has 11 rings (SSSR count). The predicted molar refractivity (Wildman–Crippen MR) is 300 cm³/mol. The summed E-state index contributed by atoms with van der Waals surface area (Å²) in [6.07, 6.45) is 20.6. The average molecular weight is 1000 g/mol. The number of unbranched alkanes of at least 4 members (excludes halogenated alkanes) is 14. The number of rotatable bonds is 22. The first-order valence-electron chi connectivity index (χ1n) is 24.6. The maximum Gasteiger partial charge on any atom is 0.114 e. The van der Waals surface area contributed by atoms with E-state index in [1.165, 1.54) is 182 Å². The number of aromatic nitrogens is 5. The summed E-state index contributed by atoms with van der Waals surface area (Å²) in [5.41, 5.74) is 13.7. The summed E-state index contributed by atoms with van der Waals surface area (Å²) < 4.78 is 21.8. The van der Waals surface area contributed by atoms with E-state index in [1.807, 2.05) is 22.7 Å². The molecule has 0 radical (unpaired) electrons. The molecule has 0 fully saturated rings. The number of hydrogen-bond donors (Lipinski definition) is 0.